The largest absolute Gasteiger partial charge is 0.481 e. The van der Waals surface area contributed by atoms with Gasteiger partial charge in [-0.3, -0.25) is 4.79 Å². The number of rotatable bonds is 3. The van der Waals surface area contributed by atoms with E-state index in [2.05, 4.69) is 4.57 Å². The van der Waals surface area contributed by atoms with Gasteiger partial charge in [0.05, 0.1) is 17.0 Å². The topological polar surface area (TPSA) is 55.1 Å². The molecule has 4 nitrogen and oxygen atoms in total. The van der Waals surface area contributed by atoms with Crippen molar-refractivity contribution in [2.45, 2.75) is 38.6 Å². The van der Waals surface area contributed by atoms with E-state index in [0.717, 1.165) is 29.7 Å². The third kappa shape index (κ3) is 1.81. The Morgan fingerprint density at radius 3 is 2.71 bits per heavy atom. The van der Waals surface area contributed by atoms with Crippen LogP contribution in [-0.2, 0) is 4.79 Å². The van der Waals surface area contributed by atoms with E-state index in [-0.39, 0.29) is 17.3 Å². The minimum absolute atomic E-state index is 0.0122. The van der Waals surface area contributed by atoms with Crippen molar-refractivity contribution in [3.8, 4) is 0 Å². The Morgan fingerprint density at radius 1 is 1.43 bits per heavy atom. The normalized spacial score (nSPS) is 27.0. The maximum absolute atomic E-state index is 11.5. The molecule has 0 saturated heterocycles. The highest BCUT2D eigenvalue weighted by Gasteiger charge is 2.65. The molecule has 110 valence electrons. The van der Waals surface area contributed by atoms with Crippen molar-refractivity contribution in [3.05, 3.63) is 29.0 Å². The van der Waals surface area contributed by atoms with E-state index in [1.54, 1.807) is 0 Å². The summed E-state index contributed by atoms with van der Waals surface area (Å²) in [5.41, 5.74) is 1.71. The van der Waals surface area contributed by atoms with E-state index >= 15 is 0 Å². The number of aliphatic carboxylic acids is 1. The second kappa shape index (κ2) is 4.01. The zero-order chi connectivity index (χ0) is 14.9. The molecule has 2 aliphatic rings. The first-order chi connectivity index (χ1) is 9.91. The van der Waals surface area contributed by atoms with Gasteiger partial charge in [0.2, 0.25) is 0 Å². The number of fused-ring (bicyclic) bond motifs is 1. The summed E-state index contributed by atoms with van der Waals surface area (Å²) in [6.45, 7) is 4.03. The van der Waals surface area contributed by atoms with Crippen LogP contribution in [0.4, 0.5) is 0 Å². The van der Waals surface area contributed by atoms with Crippen LogP contribution in [-0.4, -0.2) is 20.6 Å². The SMILES string of the molecule is CC1(C)C(C(=O)O)C1c1nc2ccc(Cl)cc2n1C1CC1. The summed E-state index contributed by atoms with van der Waals surface area (Å²) in [6.07, 6.45) is 2.27. The summed E-state index contributed by atoms with van der Waals surface area (Å²) in [5.74, 6) is -0.159. The molecule has 1 aromatic carbocycles. The van der Waals surface area contributed by atoms with Gasteiger partial charge in [-0.15, -0.1) is 0 Å². The molecule has 1 heterocycles. The van der Waals surface area contributed by atoms with Crippen LogP contribution in [0.15, 0.2) is 18.2 Å². The molecule has 2 aliphatic carbocycles. The molecule has 2 atom stereocenters. The highest BCUT2D eigenvalue weighted by molar-refractivity contribution is 6.31. The fourth-order valence-electron chi connectivity index (χ4n) is 3.60. The Balaban J connectivity index is 1.90. The van der Waals surface area contributed by atoms with Crippen LogP contribution in [0.5, 0.6) is 0 Å². The summed E-state index contributed by atoms with van der Waals surface area (Å²) in [4.78, 5) is 16.2. The summed E-state index contributed by atoms with van der Waals surface area (Å²) in [5, 5.41) is 10.1. The number of aromatic nitrogens is 2. The van der Waals surface area contributed by atoms with Gasteiger partial charge in [-0.25, -0.2) is 4.98 Å². The number of carboxylic acids is 1. The third-order valence-electron chi connectivity index (χ3n) is 4.96. The smallest absolute Gasteiger partial charge is 0.307 e. The Morgan fingerprint density at radius 2 is 2.14 bits per heavy atom. The van der Waals surface area contributed by atoms with Crippen LogP contribution in [0.25, 0.3) is 11.0 Å². The lowest BCUT2D eigenvalue weighted by molar-refractivity contribution is -0.139. The standard InChI is InChI=1S/C16H17ClN2O2/c1-16(2)12(13(16)15(20)21)14-18-10-6-3-8(17)7-11(10)19(14)9-4-5-9/h3,6-7,9,12-13H,4-5H2,1-2H3,(H,20,21). The first kappa shape index (κ1) is 13.1. The summed E-state index contributed by atoms with van der Waals surface area (Å²) < 4.78 is 2.23. The van der Waals surface area contributed by atoms with Crippen molar-refractivity contribution in [2.24, 2.45) is 11.3 Å². The summed E-state index contributed by atoms with van der Waals surface area (Å²) >= 11 is 6.12. The number of carboxylic acid groups (broad SMARTS) is 1. The van der Waals surface area contributed by atoms with Gasteiger partial charge in [0, 0.05) is 17.0 Å². The maximum Gasteiger partial charge on any atom is 0.307 e. The number of hydrogen-bond donors (Lipinski definition) is 1. The van der Waals surface area contributed by atoms with Crippen LogP contribution in [0, 0.1) is 11.3 Å². The minimum Gasteiger partial charge on any atom is -0.481 e. The number of imidazole rings is 1. The zero-order valence-electron chi connectivity index (χ0n) is 12.0. The van der Waals surface area contributed by atoms with Crippen LogP contribution in [0.3, 0.4) is 0 Å². The molecule has 0 bridgehead atoms. The predicted molar refractivity (Wildman–Crippen MR) is 80.7 cm³/mol. The molecule has 5 heteroatoms. The number of halogens is 1. The zero-order valence-corrected chi connectivity index (χ0v) is 12.8. The van der Waals surface area contributed by atoms with E-state index in [1.807, 2.05) is 32.0 Å². The van der Waals surface area contributed by atoms with Gasteiger partial charge in [-0.2, -0.15) is 0 Å². The lowest BCUT2D eigenvalue weighted by atomic mass is 10.1. The Labute approximate surface area is 127 Å². The molecule has 0 spiro atoms. The van der Waals surface area contributed by atoms with Gasteiger partial charge in [-0.05, 0) is 36.5 Å². The number of hydrogen-bond acceptors (Lipinski definition) is 2. The van der Waals surface area contributed by atoms with Gasteiger partial charge in [0.1, 0.15) is 5.82 Å². The summed E-state index contributed by atoms with van der Waals surface area (Å²) in [7, 11) is 0. The van der Waals surface area contributed by atoms with Gasteiger partial charge >= 0.3 is 5.97 Å². The van der Waals surface area contributed by atoms with E-state index < -0.39 is 5.97 Å². The molecule has 21 heavy (non-hydrogen) atoms. The Hall–Kier alpha value is -1.55. The molecule has 0 aliphatic heterocycles. The highest BCUT2D eigenvalue weighted by atomic mass is 35.5. The number of nitrogens with zero attached hydrogens (tertiary/aromatic N) is 2. The number of carbonyl (C=O) groups is 1. The molecule has 2 fully saturated rings. The van der Waals surface area contributed by atoms with Crippen molar-refractivity contribution < 1.29 is 9.90 Å². The van der Waals surface area contributed by atoms with Crippen molar-refractivity contribution in [1.82, 2.24) is 9.55 Å². The first-order valence-electron chi connectivity index (χ1n) is 7.31. The Kier molecular flexibility index (Phi) is 2.51. The van der Waals surface area contributed by atoms with Crippen LogP contribution in [0.1, 0.15) is 44.5 Å². The van der Waals surface area contributed by atoms with Crippen molar-refractivity contribution >= 4 is 28.6 Å². The number of benzene rings is 1. The average molecular weight is 305 g/mol. The van der Waals surface area contributed by atoms with Crippen molar-refractivity contribution in [1.29, 1.82) is 0 Å². The van der Waals surface area contributed by atoms with Crippen molar-refractivity contribution in [3.63, 3.8) is 0 Å². The molecule has 2 saturated carbocycles. The molecule has 1 aromatic heterocycles. The van der Waals surface area contributed by atoms with Gasteiger partial charge < -0.3 is 9.67 Å². The van der Waals surface area contributed by atoms with Gasteiger partial charge in [0.15, 0.2) is 0 Å². The van der Waals surface area contributed by atoms with E-state index in [4.69, 9.17) is 16.6 Å². The fraction of sp³-hybridized carbons (Fsp3) is 0.500. The second-order valence-corrected chi connectivity index (χ2v) is 7.26. The average Bonchev–Trinajstić information content (AvgIpc) is 3.27. The minimum atomic E-state index is -0.725. The van der Waals surface area contributed by atoms with Gasteiger partial charge in [-0.1, -0.05) is 25.4 Å². The molecule has 2 unspecified atom stereocenters. The lowest BCUT2D eigenvalue weighted by Gasteiger charge is -2.08. The molecule has 2 aromatic rings. The van der Waals surface area contributed by atoms with Crippen LogP contribution >= 0.6 is 11.6 Å². The fourth-order valence-corrected chi connectivity index (χ4v) is 3.77. The molecule has 0 amide bonds. The monoisotopic (exact) mass is 304 g/mol. The first-order valence-corrected chi connectivity index (χ1v) is 7.69. The Bertz CT molecular complexity index is 761. The molecular weight excluding hydrogens is 288 g/mol. The molecule has 0 radical (unpaired) electrons. The summed E-state index contributed by atoms with van der Waals surface area (Å²) in [6, 6.07) is 6.15. The highest BCUT2D eigenvalue weighted by Crippen LogP contribution is 2.65. The van der Waals surface area contributed by atoms with Gasteiger partial charge in [0.25, 0.3) is 0 Å². The van der Waals surface area contributed by atoms with E-state index in [1.165, 1.54) is 0 Å². The maximum atomic E-state index is 11.5. The molecule has 4 rings (SSSR count). The second-order valence-electron chi connectivity index (χ2n) is 6.82. The van der Waals surface area contributed by atoms with Crippen LogP contribution < -0.4 is 0 Å². The molecular formula is C16H17ClN2O2. The quantitative estimate of drug-likeness (QED) is 0.937. The lowest BCUT2D eigenvalue weighted by Crippen LogP contribution is -2.04. The molecule has 1 N–H and O–H groups in total. The third-order valence-corrected chi connectivity index (χ3v) is 5.20. The van der Waals surface area contributed by atoms with Crippen molar-refractivity contribution in [2.75, 3.05) is 0 Å². The predicted octanol–water partition coefficient (Wildman–Crippen LogP) is 3.85. The van der Waals surface area contributed by atoms with Crippen LogP contribution in [0.2, 0.25) is 5.02 Å². The van der Waals surface area contributed by atoms with E-state index in [0.29, 0.717) is 11.1 Å². The van der Waals surface area contributed by atoms with E-state index in [9.17, 15) is 9.90 Å².